The van der Waals surface area contributed by atoms with Crippen LogP contribution in [-0.4, -0.2) is 78.9 Å². The average molecular weight is 624 g/mol. The molecule has 2 aromatic carbocycles. The van der Waals surface area contributed by atoms with E-state index in [1.807, 2.05) is 50.1 Å². The van der Waals surface area contributed by atoms with Gasteiger partial charge < -0.3 is 19.3 Å². The number of benzene rings is 2. The number of carbonyl (C=O) groups excluding carboxylic acids is 1. The molecule has 5 fully saturated rings. The Morgan fingerprint density at radius 3 is 2.15 bits per heavy atom. The van der Waals surface area contributed by atoms with Gasteiger partial charge in [-0.1, -0.05) is 12.1 Å². The van der Waals surface area contributed by atoms with Crippen LogP contribution in [0.2, 0.25) is 0 Å². The third kappa shape index (κ3) is 6.73. The van der Waals surface area contributed by atoms with Crippen molar-refractivity contribution in [3.05, 3.63) is 65.9 Å². The lowest BCUT2D eigenvalue weighted by molar-refractivity contribution is -0.0629. The summed E-state index contributed by atoms with van der Waals surface area (Å²) in [6, 6.07) is 18.6. The standard InChI is InChI=1S/C38H49N5O3/c1-4-45-33-8-6-7-31(20-33)32-18-30(19-34(21-32)46-5-2)25-42-11-13-43(14-12-42)36-10-9-35(39-40-36)37(44)41(3)26-38-22-27-15-28(23-38)17-29(16-27)24-38/h6-10,18-21,27-29H,4-5,11-17,22-26H2,1-3H3. The number of carbonyl (C=O) groups is 1. The molecule has 4 bridgehead atoms. The number of amides is 1. The summed E-state index contributed by atoms with van der Waals surface area (Å²) in [7, 11) is 1.96. The van der Waals surface area contributed by atoms with Crippen molar-refractivity contribution in [1.82, 2.24) is 20.0 Å². The molecule has 0 unspecified atom stereocenters. The second-order valence-corrected chi connectivity index (χ2v) is 14.4. The molecule has 3 aromatic rings. The molecular weight excluding hydrogens is 574 g/mol. The predicted molar refractivity (Wildman–Crippen MR) is 181 cm³/mol. The number of rotatable bonds is 11. The minimum Gasteiger partial charge on any atom is -0.494 e. The van der Waals surface area contributed by atoms with Gasteiger partial charge in [-0.25, -0.2) is 0 Å². The van der Waals surface area contributed by atoms with Crippen LogP contribution >= 0.6 is 0 Å². The average Bonchev–Trinajstić information content (AvgIpc) is 3.04. The van der Waals surface area contributed by atoms with Crippen LogP contribution in [0.1, 0.15) is 68.4 Å². The molecule has 8 rings (SSSR count). The number of piperazine rings is 1. The van der Waals surface area contributed by atoms with E-state index in [0.29, 0.717) is 24.3 Å². The zero-order valence-electron chi connectivity index (χ0n) is 27.8. The molecule has 4 aliphatic carbocycles. The van der Waals surface area contributed by atoms with E-state index in [9.17, 15) is 4.79 Å². The molecular formula is C38H49N5O3. The smallest absolute Gasteiger partial charge is 0.274 e. The lowest BCUT2D eigenvalue weighted by atomic mass is 9.49. The molecule has 4 saturated carbocycles. The van der Waals surface area contributed by atoms with E-state index in [1.165, 1.54) is 44.1 Å². The zero-order chi connectivity index (χ0) is 31.7. The third-order valence-corrected chi connectivity index (χ3v) is 10.8. The first-order chi connectivity index (χ1) is 22.4. The fourth-order valence-electron chi connectivity index (χ4n) is 9.36. The number of hydrogen-bond acceptors (Lipinski definition) is 7. The first kappa shape index (κ1) is 31.0. The van der Waals surface area contributed by atoms with Gasteiger partial charge in [0.15, 0.2) is 11.5 Å². The molecule has 1 aliphatic heterocycles. The summed E-state index contributed by atoms with van der Waals surface area (Å²) < 4.78 is 11.7. The van der Waals surface area contributed by atoms with Gasteiger partial charge in [0.2, 0.25) is 0 Å². The van der Waals surface area contributed by atoms with E-state index >= 15 is 0 Å². The molecule has 46 heavy (non-hydrogen) atoms. The Labute approximate surface area is 274 Å². The number of anilines is 1. The molecule has 5 aliphatic rings. The highest BCUT2D eigenvalue weighted by Crippen LogP contribution is 2.60. The summed E-state index contributed by atoms with van der Waals surface area (Å²) in [6.45, 7) is 10.6. The van der Waals surface area contributed by atoms with Gasteiger partial charge in [0, 0.05) is 46.3 Å². The van der Waals surface area contributed by atoms with Gasteiger partial charge in [-0.15, -0.1) is 10.2 Å². The van der Waals surface area contributed by atoms with Gasteiger partial charge in [0.25, 0.3) is 5.91 Å². The fourth-order valence-corrected chi connectivity index (χ4v) is 9.36. The molecule has 1 aromatic heterocycles. The highest BCUT2D eigenvalue weighted by molar-refractivity contribution is 5.92. The molecule has 2 heterocycles. The number of ether oxygens (including phenoxy) is 2. The van der Waals surface area contributed by atoms with Crippen molar-refractivity contribution in [3.8, 4) is 22.6 Å². The first-order valence-electron chi connectivity index (χ1n) is 17.4. The molecule has 0 atom stereocenters. The van der Waals surface area contributed by atoms with Crippen LogP contribution in [0.15, 0.2) is 54.6 Å². The summed E-state index contributed by atoms with van der Waals surface area (Å²) in [5, 5.41) is 8.94. The Bertz CT molecular complexity index is 1480. The maximum atomic E-state index is 13.4. The topological polar surface area (TPSA) is 71.0 Å². The van der Waals surface area contributed by atoms with E-state index in [4.69, 9.17) is 9.47 Å². The highest BCUT2D eigenvalue weighted by Gasteiger charge is 2.51. The number of nitrogens with zero attached hydrogens (tertiary/aromatic N) is 5. The van der Waals surface area contributed by atoms with Crippen molar-refractivity contribution < 1.29 is 14.3 Å². The van der Waals surface area contributed by atoms with Crippen molar-refractivity contribution in [2.45, 2.75) is 58.9 Å². The second-order valence-electron chi connectivity index (χ2n) is 14.4. The zero-order valence-corrected chi connectivity index (χ0v) is 27.8. The fraction of sp³-hybridized carbons (Fsp3) is 0.553. The van der Waals surface area contributed by atoms with E-state index in [1.54, 1.807) is 0 Å². The monoisotopic (exact) mass is 623 g/mol. The molecule has 0 spiro atoms. The SMILES string of the molecule is CCOc1cccc(-c2cc(CN3CCN(c4ccc(C(=O)N(C)CC56CC7CC(CC(C7)C5)C6)nn4)CC3)cc(OCC)c2)c1. The van der Waals surface area contributed by atoms with Crippen molar-refractivity contribution in [1.29, 1.82) is 0 Å². The Kier molecular flexibility index (Phi) is 8.90. The van der Waals surface area contributed by atoms with Crippen LogP contribution in [0.25, 0.3) is 11.1 Å². The quantitative estimate of drug-likeness (QED) is 0.240. The molecule has 8 nitrogen and oxygen atoms in total. The van der Waals surface area contributed by atoms with E-state index in [2.05, 4.69) is 50.3 Å². The van der Waals surface area contributed by atoms with Gasteiger partial charge in [-0.05, 0) is 135 Å². The summed E-state index contributed by atoms with van der Waals surface area (Å²) in [4.78, 5) is 20.1. The largest absolute Gasteiger partial charge is 0.494 e. The Hall–Kier alpha value is -3.65. The second kappa shape index (κ2) is 13.2. The van der Waals surface area contributed by atoms with Crippen LogP contribution < -0.4 is 14.4 Å². The van der Waals surface area contributed by atoms with Gasteiger partial charge >= 0.3 is 0 Å². The minimum atomic E-state index is -0.00196. The van der Waals surface area contributed by atoms with Crippen LogP contribution in [-0.2, 0) is 6.54 Å². The van der Waals surface area contributed by atoms with Crippen LogP contribution in [0, 0.1) is 23.2 Å². The molecule has 1 saturated heterocycles. The summed E-state index contributed by atoms with van der Waals surface area (Å²) in [6.07, 6.45) is 8.16. The number of aromatic nitrogens is 2. The van der Waals surface area contributed by atoms with E-state index in [-0.39, 0.29) is 5.91 Å². The predicted octanol–water partition coefficient (Wildman–Crippen LogP) is 6.55. The summed E-state index contributed by atoms with van der Waals surface area (Å²) in [5.74, 6) is 5.27. The van der Waals surface area contributed by atoms with Gasteiger partial charge in [0.1, 0.15) is 11.5 Å². The van der Waals surface area contributed by atoms with E-state index < -0.39 is 0 Å². The highest BCUT2D eigenvalue weighted by atomic mass is 16.5. The van der Waals surface area contributed by atoms with Crippen LogP contribution in [0.4, 0.5) is 5.82 Å². The van der Waals surface area contributed by atoms with Gasteiger partial charge in [-0.2, -0.15) is 0 Å². The van der Waals surface area contributed by atoms with Gasteiger partial charge in [-0.3, -0.25) is 9.69 Å². The summed E-state index contributed by atoms with van der Waals surface area (Å²) >= 11 is 0. The number of hydrogen-bond donors (Lipinski definition) is 0. The maximum Gasteiger partial charge on any atom is 0.274 e. The van der Waals surface area contributed by atoms with Crippen molar-refractivity contribution in [3.63, 3.8) is 0 Å². The molecule has 244 valence electrons. The Balaban J connectivity index is 0.949. The Morgan fingerprint density at radius 2 is 1.50 bits per heavy atom. The summed E-state index contributed by atoms with van der Waals surface area (Å²) in [5.41, 5.74) is 4.27. The van der Waals surface area contributed by atoms with Crippen LogP contribution in [0.3, 0.4) is 0 Å². The maximum absolute atomic E-state index is 13.4. The molecule has 0 radical (unpaired) electrons. The third-order valence-electron chi connectivity index (χ3n) is 10.8. The Morgan fingerprint density at radius 1 is 0.826 bits per heavy atom. The molecule has 8 heteroatoms. The molecule has 0 N–H and O–H groups in total. The van der Waals surface area contributed by atoms with Crippen molar-refractivity contribution in [2.75, 3.05) is 57.9 Å². The first-order valence-corrected chi connectivity index (χ1v) is 17.4. The van der Waals surface area contributed by atoms with Crippen molar-refractivity contribution in [2.24, 2.45) is 23.2 Å². The van der Waals surface area contributed by atoms with Crippen molar-refractivity contribution >= 4 is 11.7 Å². The normalized spacial score (nSPS) is 25.5. The minimum absolute atomic E-state index is 0.00196. The van der Waals surface area contributed by atoms with Gasteiger partial charge in [0.05, 0.1) is 13.2 Å². The van der Waals surface area contributed by atoms with Crippen LogP contribution in [0.5, 0.6) is 11.5 Å². The lowest BCUT2D eigenvalue weighted by Gasteiger charge is -2.57. The van der Waals surface area contributed by atoms with E-state index in [0.717, 1.165) is 85.5 Å². The molecule has 1 amide bonds. The lowest BCUT2D eigenvalue weighted by Crippen LogP contribution is -2.51.